The minimum atomic E-state index is -2.94. The number of ether oxygens (including phenoxy) is 2. The Morgan fingerprint density at radius 3 is 2.28 bits per heavy atom. The second kappa shape index (κ2) is 9.77. The van der Waals surface area contributed by atoms with E-state index >= 15 is 0 Å². The van der Waals surface area contributed by atoms with E-state index in [1.807, 2.05) is 12.1 Å². The molecule has 0 bridgehead atoms. The molecule has 166 valence electrons. The van der Waals surface area contributed by atoms with Crippen molar-refractivity contribution in [1.29, 1.82) is 0 Å². The molecule has 32 heavy (non-hydrogen) atoms. The first-order valence-electron chi connectivity index (χ1n) is 10.5. The minimum absolute atomic E-state index is 0.00114. The maximum atomic E-state index is 12.9. The SMILES string of the molecule is O=C(O)c1ccc(C(Cc2ccncc2)c2ccc(OC(F)F)c(OC3CCC3)c2)cc1. The highest BCUT2D eigenvalue weighted by atomic mass is 19.3. The lowest BCUT2D eigenvalue weighted by Crippen LogP contribution is -2.25. The zero-order valence-electron chi connectivity index (χ0n) is 17.3. The second-order valence-corrected chi connectivity index (χ2v) is 7.79. The zero-order chi connectivity index (χ0) is 22.5. The van der Waals surface area contributed by atoms with Crippen molar-refractivity contribution in [2.75, 3.05) is 0 Å². The van der Waals surface area contributed by atoms with E-state index in [2.05, 4.69) is 9.72 Å². The third-order valence-electron chi connectivity index (χ3n) is 5.68. The standard InChI is InChI=1S/C25H23F2NO4/c26-25(27)32-22-9-8-19(15-23(22)31-20-2-1-3-20)21(14-16-10-12-28-13-11-16)17-4-6-18(7-5-17)24(29)30/h4-13,15,20-21,25H,1-3,14H2,(H,29,30). The Bertz CT molecular complexity index is 1050. The molecule has 2 aromatic carbocycles. The number of alkyl halides is 2. The van der Waals surface area contributed by atoms with E-state index in [0.717, 1.165) is 36.0 Å². The van der Waals surface area contributed by atoms with Crippen molar-refractivity contribution in [3.8, 4) is 11.5 Å². The highest BCUT2D eigenvalue weighted by Crippen LogP contribution is 2.38. The van der Waals surface area contributed by atoms with E-state index in [0.29, 0.717) is 12.2 Å². The summed E-state index contributed by atoms with van der Waals surface area (Å²) in [6, 6.07) is 15.6. The molecule has 1 aromatic heterocycles. The van der Waals surface area contributed by atoms with Gasteiger partial charge in [0.25, 0.3) is 0 Å². The van der Waals surface area contributed by atoms with Gasteiger partial charge in [0.1, 0.15) is 0 Å². The largest absolute Gasteiger partial charge is 0.487 e. The van der Waals surface area contributed by atoms with Gasteiger partial charge >= 0.3 is 12.6 Å². The van der Waals surface area contributed by atoms with Gasteiger partial charge in [0.2, 0.25) is 0 Å². The molecular formula is C25H23F2NO4. The molecule has 0 aliphatic heterocycles. The molecule has 0 amide bonds. The first kappa shape index (κ1) is 21.7. The van der Waals surface area contributed by atoms with Crippen LogP contribution in [-0.4, -0.2) is 28.8 Å². The van der Waals surface area contributed by atoms with Crippen molar-refractivity contribution in [2.45, 2.75) is 44.3 Å². The van der Waals surface area contributed by atoms with Gasteiger partial charge in [0.05, 0.1) is 11.7 Å². The summed E-state index contributed by atoms with van der Waals surface area (Å²) in [5.74, 6) is -0.828. The van der Waals surface area contributed by atoms with Crippen LogP contribution in [0.4, 0.5) is 8.78 Å². The number of hydrogen-bond acceptors (Lipinski definition) is 4. The third kappa shape index (κ3) is 5.22. The molecule has 5 nitrogen and oxygen atoms in total. The summed E-state index contributed by atoms with van der Waals surface area (Å²) in [6.45, 7) is -2.94. The molecular weight excluding hydrogens is 416 g/mol. The number of carboxylic acid groups (broad SMARTS) is 1. The van der Waals surface area contributed by atoms with Crippen molar-refractivity contribution in [3.63, 3.8) is 0 Å². The monoisotopic (exact) mass is 439 g/mol. The summed E-state index contributed by atoms with van der Waals surface area (Å²) in [4.78, 5) is 15.3. The van der Waals surface area contributed by atoms with Gasteiger partial charge in [-0.2, -0.15) is 8.78 Å². The Labute approximate surface area is 184 Å². The van der Waals surface area contributed by atoms with Crippen molar-refractivity contribution >= 4 is 5.97 Å². The number of carbonyl (C=O) groups is 1. The van der Waals surface area contributed by atoms with Crippen LogP contribution in [0.5, 0.6) is 11.5 Å². The number of nitrogens with zero attached hydrogens (tertiary/aromatic N) is 1. The fraction of sp³-hybridized carbons (Fsp3) is 0.280. The summed E-state index contributed by atoms with van der Waals surface area (Å²) < 4.78 is 36.5. The van der Waals surface area contributed by atoms with Gasteiger partial charge < -0.3 is 14.6 Å². The molecule has 1 N–H and O–H groups in total. The van der Waals surface area contributed by atoms with Gasteiger partial charge in [0.15, 0.2) is 11.5 Å². The molecule has 4 rings (SSSR count). The zero-order valence-corrected chi connectivity index (χ0v) is 17.3. The number of carboxylic acids is 1. The van der Waals surface area contributed by atoms with E-state index in [1.165, 1.54) is 6.07 Å². The van der Waals surface area contributed by atoms with E-state index in [4.69, 9.17) is 4.74 Å². The molecule has 3 aromatic rings. The topological polar surface area (TPSA) is 68.7 Å². The normalized spacial score (nSPS) is 14.6. The second-order valence-electron chi connectivity index (χ2n) is 7.79. The summed E-state index contributed by atoms with van der Waals surface area (Å²) in [5, 5.41) is 9.22. The smallest absolute Gasteiger partial charge is 0.387 e. The lowest BCUT2D eigenvalue weighted by atomic mass is 9.85. The predicted octanol–water partition coefficient (Wildman–Crippen LogP) is 5.69. The Kier molecular flexibility index (Phi) is 6.63. The number of rotatable bonds is 9. The van der Waals surface area contributed by atoms with Crippen LogP contribution in [0.25, 0.3) is 0 Å². The van der Waals surface area contributed by atoms with Crippen LogP contribution in [0.15, 0.2) is 67.0 Å². The van der Waals surface area contributed by atoms with Crippen LogP contribution >= 0.6 is 0 Å². The molecule has 1 heterocycles. The third-order valence-corrected chi connectivity index (χ3v) is 5.68. The number of aromatic nitrogens is 1. The first-order valence-corrected chi connectivity index (χ1v) is 10.5. The van der Waals surface area contributed by atoms with Crippen molar-refractivity contribution in [2.24, 2.45) is 0 Å². The fourth-order valence-electron chi connectivity index (χ4n) is 3.74. The van der Waals surface area contributed by atoms with Gasteiger partial charge in [-0.25, -0.2) is 4.79 Å². The van der Waals surface area contributed by atoms with Gasteiger partial charge in [0, 0.05) is 18.3 Å². The minimum Gasteiger partial charge on any atom is -0.487 e. The van der Waals surface area contributed by atoms with Crippen molar-refractivity contribution in [3.05, 3.63) is 89.2 Å². The lowest BCUT2D eigenvalue weighted by molar-refractivity contribution is -0.0527. The lowest BCUT2D eigenvalue weighted by Gasteiger charge is -2.28. The predicted molar refractivity (Wildman–Crippen MR) is 115 cm³/mol. The quantitative estimate of drug-likeness (QED) is 0.464. The molecule has 1 atom stereocenters. The van der Waals surface area contributed by atoms with E-state index in [1.54, 1.807) is 48.8 Å². The van der Waals surface area contributed by atoms with Crippen LogP contribution in [0.2, 0.25) is 0 Å². The molecule has 1 unspecified atom stereocenters. The molecule has 1 aliphatic carbocycles. The van der Waals surface area contributed by atoms with Crippen LogP contribution in [0.3, 0.4) is 0 Å². The molecule has 0 radical (unpaired) electrons. The summed E-state index contributed by atoms with van der Waals surface area (Å²) in [6.07, 6.45) is 6.86. The van der Waals surface area contributed by atoms with Gasteiger partial charge in [-0.1, -0.05) is 18.2 Å². The highest BCUT2D eigenvalue weighted by Gasteiger charge is 2.24. The number of halogens is 2. The number of benzene rings is 2. The molecule has 0 saturated heterocycles. The Hall–Kier alpha value is -3.48. The van der Waals surface area contributed by atoms with Gasteiger partial charge in [-0.05, 0) is 78.8 Å². The Morgan fingerprint density at radius 2 is 1.69 bits per heavy atom. The van der Waals surface area contributed by atoms with E-state index < -0.39 is 12.6 Å². The fourth-order valence-corrected chi connectivity index (χ4v) is 3.74. The Morgan fingerprint density at radius 1 is 1.00 bits per heavy atom. The van der Waals surface area contributed by atoms with Crippen LogP contribution < -0.4 is 9.47 Å². The average molecular weight is 439 g/mol. The molecule has 7 heteroatoms. The van der Waals surface area contributed by atoms with E-state index in [9.17, 15) is 18.7 Å². The van der Waals surface area contributed by atoms with Crippen LogP contribution in [0, 0.1) is 0 Å². The molecule has 1 fully saturated rings. The number of pyridine rings is 1. The maximum absolute atomic E-state index is 12.9. The molecule has 1 aliphatic rings. The Balaban J connectivity index is 1.71. The molecule has 1 saturated carbocycles. The first-order chi connectivity index (χ1) is 15.5. The van der Waals surface area contributed by atoms with Crippen molar-refractivity contribution in [1.82, 2.24) is 4.98 Å². The number of aromatic carboxylic acids is 1. The van der Waals surface area contributed by atoms with Gasteiger partial charge in [-0.15, -0.1) is 0 Å². The summed E-state index contributed by atoms with van der Waals surface area (Å²) in [5.41, 5.74) is 3.01. The van der Waals surface area contributed by atoms with Gasteiger partial charge in [-0.3, -0.25) is 4.98 Å². The highest BCUT2D eigenvalue weighted by molar-refractivity contribution is 5.87. The van der Waals surface area contributed by atoms with Crippen LogP contribution in [0.1, 0.15) is 52.2 Å². The van der Waals surface area contributed by atoms with Crippen molar-refractivity contribution < 1.29 is 28.2 Å². The maximum Gasteiger partial charge on any atom is 0.387 e. The average Bonchev–Trinajstić information content (AvgIpc) is 2.76. The summed E-state index contributed by atoms with van der Waals surface area (Å²) in [7, 11) is 0. The summed E-state index contributed by atoms with van der Waals surface area (Å²) >= 11 is 0. The van der Waals surface area contributed by atoms with E-state index in [-0.39, 0.29) is 23.3 Å². The van der Waals surface area contributed by atoms with Crippen LogP contribution in [-0.2, 0) is 6.42 Å². The number of hydrogen-bond donors (Lipinski definition) is 1. The molecule has 0 spiro atoms.